The van der Waals surface area contributed by atoms with Crippen LogP contribution in [0.15, 0.2) is 66.7 Å². The number of benzene rings is 3. The molecule has 3 aromatic rings. The third kappa shape index (κ3) is 3.06. The van der Waals surface area contributed by atoms with Crippen LogP contribution in [-0.4, -0.2) is 5.97 Å². The van der Waals surface area contributed by atoms with Crippen LogP contribution in [0.3, 0.4) is 0 Å². The molecule has 0 aliphatic carbocycles. The third-order valence-electron chi connectivity index (χ3n) is 3.28. The van der Waals surface area contributed by atoms with Crippen LogP contribution in [-0.2, 0) is 11.3 Å². The fourth-order valence-electron chi connectivity index (χ4n) is 2.18. The van der Waals surface area contributed by atoms with Crippen LogP contribution in [0.25, 0.3) is 10.8 Å². The molecule has 0 aliphatic rings. The van der Waals surface area contributed by atoms with Gasteiger partial charge in [-0.25, -0.2) is 4.79 Å². The maximum Gasteiger partial charge on any atom is 0.339 e. The van der Waals surface area contributed by atoms with Gasteiger partial charge in [0.1, 0.15) is 6.61 Å². The summed E-state index contributed by atoms with van der Waals surface area (Å²) in [4.78, 5) is 12.0. The summed E-state index contributed by atoms with van der Waals surface area (Å²) in [5.74, 6) is -0.409. The van der Waals surface area contributed by atoms with E-state index in [4.69, 9.17) is 16.3 Å². The second-order valence-electron chi connectivity index (χ2n) is 4.74. The summed E-state index contributed by atoms with van der Waals surface area (Å²) < 4.78 is 5.32. The van der Waals surface area contributed by atoms with E-state index in [9.17, 15) is 4.79 Å². The van der Waals surface area contributed by atoms with Gasteiger partial charge in [0.25, 0.3) is 0 Å². The SMILES string of the molecule is O=C(OCc1ccc2ccccc2c1)c1ccccc1Cl. The fraction of sp³-hybridized carbons (Fsp3) is 0.0556. The Balaban J connectivity index is 1.74. The highest BCUT2D eigenvalue weighted by atomic mass is 35.5. The van der Waals surface area contributed by atoms with Gasteiger partial charge in [0.15, 0.2) is 0 Å². The minimum absolute atomic E-state index is 0.231. The molecule has 0 atom stereocenters. The molecule has 0 heterocycles. The van der Waals surface area contributed by atoms with E-state index in [1.165, 1.54) is 5.39 Å². The highest BCUT2D eigenvalue weighted by molar-refractivity contribution is 6.33. The van der Waals surface area contributed by atoms with Crippen LogP contribution < -0.4 is 0 Å². The van der Waals surface area contributed by atoms with Crippen molar-refractivity contribution in [3.05, 3.63) is 82.9 Å². The summed E-state index contributed by atoms with van der Waals surface area (Å²) in [6.45, 7) is 0.231. The van der Waals surface area contributed by atoms with Gasteiger partial charge in [-0.15, -0.1) is 0 Å². The lowest BCUT2D eigenvalue weighted by Gasteiger charge is -2.07. The van der Waals surface area contributed by atoms with Crippen molar-refractivity contribution < 1.29 is 9.53 Å². The zero-order valence-electron chi connectivity index (χ0n) is 11.3. The van der Waals surface area contributed by atoms with Gasteiger partial charge in [-0.2, -0.15) is 0 Å². The molecule has 3 rings (SSSR count). The lowest BCUT2D eigenvalue weighted by atomic mass is 10.1. The van der Waals surface area contributed by atoms with Crippen LogP contribution in [0.5, 0.6) is 0 Å². The second-order valence-corrected chi connectivity index (χ2v) is 5.14. The van der Waals surface area contributed by atoms with E-state index in [0.29, 0.717) is 10.6 Å². The van der Waals surface area contributed by atoms with E-state index < -0.39 is 5.97 Å². The largest absolute Gasteiger partial charge is 0.457 e. The molecule has 104 valence electrons. The molecule has 0 aliphatic heterocycles. The van der Waals surface area contributed by atoms with Crippen LogP contribution >= 0.6 is 11.6 Å². The molecule has 0 bridgehead atoms. The van der Waals surface area contributed by atoms with Gasteiger partial charge >= 0.3 is 5.97 Å². The molecule has 0 unspecified atom stereocenters. The molecule has 2 nitrogen and oxygen atoms in total. The first-order chi connectivity index (χ1) is 10.2. The van der Waals surface area contributed by atoms with E-state index in [-0.39, 0.29) is 6.61 Å². The number of hydrogen-bond acceptors (Lipinski definition) is 2. The lowest BCUT2D eigenvalue weighted by Crippen LogP contribution is -2.05. The number of carbonyl (C=O) groups excluding carboxylic acids is 1. The predicted octanol–water partition coefficient (Wildman–Crippen LogP) is 4.85. The van der Waals surface area contributed by atoms with E-state index in [2.05, 4.69) is 6.07 Å². The Morgan fingerprint density at radius 1 is 0.905 bits per heavy atom. The van der Waals surface area contributed by atoms with Crippen molar-refractivity contribution in [3.63, 3.8) is 0 Å². The van der Waals surface area contributed by atoms with E-state index in [1.54, 1.807) is 24.3 Å². The van der Waals surface area contributed by atoms with Crippen LogP contribution in [0.4, 0.5) is 0 Å². The highest BCUT2D eigenvalue weighted by Gasteiger charge is 2.11. The third-order valence-corrected chi connectivity index (χ3v) is 3.61. The van der Waals surface area contributed by atoms with E-state index in [0.717, 1.165) is 10.9 Å². The molecule has 0 aromatic heterocycles. The molecule has 0 fully saturated rings. The molecule has 3 aromatic carbocycles. The zero-order valence-corrected chi connectivity index (χ0v) is 12.0. The van der Waals surface area contributed by atoms with Crippen molar-refractivity contribution >= 4 is 28.3 Å². The predicted molar refractivity (Wildman–Crippen MR) is 84.5 cm³/mol. The van der Waals surface area contributed by atoms with Crippen LogP contribution in [0, 0.1) is 0 Å². The summed E-state index contributed by atoms with van der Waals surface area (Å²) >= 11 is 5.98. The average molecular weight is 297 g/mol. The number of halogens is 1. The van der Waals surface area contributed by atoms with Crippen molar-refractivity contribution in [2.24, 2.45) is 0 Å². The average Bonchev–Trinajstić information content (AvgIpc) is 2.53. The van der Waals surface area contributed by atoms with Gasteiger partial charge < -0.3 is 4.74 Å². The van der Waals surface area contributed by atoms with Gasteiger partial charge in [-0.05, 0) is 34.5 Å². The van der Waals surface area contributed by atoms with Gasteiger partial charge in [-0.1, -0.05) is 60.1 Å². The standard InChI is InChI=1S/C18H13ClO2/c19-17-8-4-3-7-16(17)18(20)21-12-13-9-10-14-5-1-2-6-15(14)11-13/h1-11H,12H2. The van der Waals surface area contributed by atoms with Gasteiger partial charge in [0, 0.05) is 0 Å². The number of carbonyl (C=O) groups is 1. The fourth-order valence-corrected chi connectivity index (χ4v) is 2.39. The van der Waals surface area contributed by atoms with E-state index >= 15 is 0 Å². The molecule has 21 heavy (non-hydrogen) atoms. The molecule has 0 saturated carbocycles. The Morgan fingerprint density at radius 2 is 1.62 bits per heavy atom. The first-order valence-electron chi connectivity index (χ1n) is 6.63. The second kappa shape index (κ2) is 5.98. The Labute approximate surface area is 127 Å². The molecule has 0 N–H and O–H groups in total. The van der Waals surface area contributed by atoms with Gasteiger partial charge in [0.2, 0.25) is 0 Å². The smallest absolute Gasteiger partial charge is 0.339 e. The first-order valence-corrected chi connectivity index (χ1v) is 7.01. The Kier molecular flexibility index (Phi) is 3.89. The van der Waals surface area contributed by atoms with E-state index in [1.807, 2.05) is 36.4 Å². The van der Waals surface area contributed by atoms with Gasteiger partial charge in [0.05, 0.1) is 10.6 Å². The van der Waals surface area contributed by atoms with Gasteiger partial charge in [-0.3, -0.25) is 0 Å². The quantitative estimate of drug-likeness (QED) is 0.646. The minimum Gasteiger partial charge on any atom is -0.457 e. The highest BCUT2D eigenvalue weighted by Crippen LogP contribution is 2.19. The van der Waals surface area contributed by atoms with Crippen molar-refractivity contribution in [2.45, 2.75) is 6.61 Å². The summed E-state index contributed by atoms with van der Waals surface area (Å²) in [6.07, 6.45) is 0. The summed E-state index contributed by atoms with van der Waals surface area (Å²) in [6, 6.07) is 21.0. The molecular weight excluding hydrogens is 284 g/mol. The number of esters is 1. The number of ether oxygens (including phenoxy) is 1. The monoisotopic (exact) mass is 296 g/mol. The maximum absolute atomic E-state index is 12.0. The lowest BCUT2D eigenvalue weighted by molar-refractivity contribution is 0.0473. The van der Waals surface area contributed by atoms with Crippen molar-refractivity contribution in [2.75, 3.05) is 0 Å². The molecular formula is C18H13ClO2. The number of hydrogen-bond donors (Lipinski definition) is 0. The molecule has 0 amide bonds. The van der Waals surface area contributed by atoms with Crippen molar-refractivity contribution in [1.82, 2.24) is 0 Å². The Hall–Kier alpha value is -2.32. The molecule has 0 spiro atoms. The van der Waals surface area contributed by atoms with Crippen molar-refractivity contribution in [1.29, 1.82) is 0 Å². The van der Waals surface area contributed by atoms with Crippen LogP contribution in [0.1, 0.15) is 15.9 Å². The van der Waals surface area contributed by atoms with Crippen molar-refractivity contribution in [3.8, 4) is 0 Å². The zero-order chi connectivity index (χ0) is 14.7. The Morgan fingerprint density at radius 3 is 2.43 bits per heavy atom. The Bertz CT molecular complexity index is 796. The summed E-state index contributed by atoms with van der Waals surface area (Å²) in [5.41, 5.74) is 1.34. The number of rotatable bonds is 3. The topological polar surface area (TPSA) is 26.3 Å². The summed E-state index contributed by atoms with van der Waals surface area (Å²) in [5, 5.41) is 2.70. The number of fused-ring (bicyclic) bond motifs is 1. The molecule has 0 radical (unpaired) electrons. The molecule has 0 saturated heterocycles. The van der Waals surface area contributed by atoms with Crippen LogP contribution in [0.2, 0.25) is 5.02 Å². The minimum atomic E-state index is -0.409. The molecule has 3 heteroatoms. The normalized spacial score (nSPS) is 10.5. The maximum atomic E-state index is 12.0. The first kappa shape index (κ1) is 13.7. The summed E-state index contributed by atoms with van der Waals surface area (Å²) in [7, 11) is 0.